The Balaban J connectivity index is 2.20. The summed E-state index contributed by atoms with van der Waals surface area (Å²) in [6.07, 6.45) is 0. The number of aromatic amines is 1. The Morgan fingerprint density at radius 1 is 1.42 bits per heavy atom. The SMILES string of the molecule is Nc1cc(Cl)ccc1S(=O)(=O)NCc1csc(=O)[nH]1. The van der Waals surface area contributed by atoms with E-state index < -0.39 is 10.0 Å². The van der Waals surface area contributed by atoms with Gasteiger partial charge in [0.25, 0.3) is 0 Å². The number of hydrogen-bond acceptors (Lipinski definition) is 5. The van der Waals surface area contributed by atoms with E-state index in [0.29, 0.717) is 10.7 Å². The number of thiazole rings is 1. The molecular weight excluding hydrogens is 310 g/mol. The quantitative estimate of drug-likeness (QED) is 0.735. The van der Waals surface area contributed by atoms with Gasteiger partial charge in [-0.05, 0) is 18.2 Å². The molecule has 0 bridgehead atoms. The summed E-state index contributed by atoms with van der Waals surface area (Å²) in [6, 6.07) is 4.14. The van der Waals surface area contributed by atoms with E-state index in [1.807, 2.05) is 0 Å². The lowest BCUT2D eigenvalue weighted by molar-refractivity contribution is 0.581. The van der Waals surface area contributed by atoms with Gasteiger partial charge in [0, 0.05) is 16.1 Å². The van der Waals surface area contributed by atoms with Crippen molar-refractivity contribution in [2.24, 2.45) is 0 Å². The van der Waals surface area contributed by atoms with Crippen LogP contribution in [0.2, 0.25) is 5.02 Å². The summed E-state index contributed by atoms with van der Waals surface area (Å²) in [7, 11) is -3.75. The smallest absolute Gasteiger partial charge is 0.304 e. The van der Waals surface area contributed by atoms with Crippen LogP contribution in [0.5, 0.6) is 0 Å². The molecule has 2 rings (SSSR count). The molecule has 4 N–H and O–H groups in total. The summed E-state index contributed by atoms with van der Waals surface area (Å²) >= 11 is 6.68. The van der Waals surface area contributed by atoms with E-state index in [0.717, 1.165) is 11.3 Å². The van der Waals surface area contributed by atoms with Crippen molar-refractivity contribution in [2.75, 3.05) is 5.73 Å². The first-order valence-corrected chi connectivity index (χ1v) is 7.84. The van der Waals surface area contributed by atoms with Gasteiger partial charge in [0.15, 0.2) is 0 Å². The van der Waals surface area contributed by atoms with Crippen LogP contribution in [0.1, 0.15) is 5.69 Å². The average Bonchev–Trinajstić information content (AvgIpc) is 2.72. The van der Waals surface area contributed by atoms with Crippen LogP contribution in [0.25, 0.3) is 0 Å². The number of H-pyrrole nitrogens is 1. The van der Waals surface area contributed by atoms with E-state index in [9.17, 15) is 13.2 Å². The van der Waals surface area contributed by atoms with Gasteiger partial charge in [-0.2, -0.15) is 0 Å². The molecule has 0 aliphatic carbocycles. The lowest BCUT2D eigenvalue weighted by atomic mass is 10.3. The standard InChI is InChI=1S/C10H10ClN3O3S2/c11-6-1-2-9(8(12)3-6)19(16,17)13-4-7-5-18-10(15)14-7/h1-3,5,13H,4,12H2,(H,14,15). The summed E-state index contributed by atoms with van der Waals surface area (Å²) in [4.78, 5) is 13.2. The van der Waals surface area contributed by atoms with Crippen molar-refractivity contribution in [3.05, 3.63) is 44.0 Å². The van der Waals surface area contributed by atoms with E-state index in [2.05, 4.69) is 9.71 Å². The van der Waals surface area contributed by atoms with Crippen molar-refractivity contribution < 1.29 is 8.42 Å². The highest BCUT2D eigenvalue weighted by Crippen LogP contribution is 2.22. The topological polar surface area (TPSA) is 105 Å². The van der Waals surface area contributed by atoms with Crippen LogP contribution in [0.15, 0.2) is 33.3 Å². The minimum absolute atomic E-state index is 0.0108. The normalized spacial score (nSPS) is 11.6. The third-order valence-electron chi connectivity index (χ3n) is 2.28. The highest BCUT2D eigenvalue weighted by molar-refractivity contribution is 7.89. The van der Waals surface area contributed by atoms with Crippen LogP contribution in [0.4, 0.5) is 5.69 Å². The maximum absolute atomic E-state index is 12.0. The van der Waals surface area contributed by atoms with Gasteiger partial charge in [-0.25, -0.2) is 13.1 Å². The van der Waals surface area contributed by atoms with Crippen molar-refractivity contribution in [3.63, 3.8) is 0 Å². The van der Waals surface area contributed by atoms with E-state index in [1.165, 1.54) is 18.2 Å². The van der Waals surface area contributed by atoms with Gasteiger partial charge in [-0.15, -0.1) is 0 Å². The second-order valence-corrected chi connectivity index (χ2v) is 6.69. The number of nitrogen functional groups attached to an aromatic ring is 1. The molecular formula is C10H10ClN3O3S2. The lowest BCUT2D eigenvalue weighted by Gasteiger charge is -2.08. The van der Waals surface area contributed by atoms with Crippen LogP contribution < -0.4 is 15.3 Å². The van der Waals surface area contributed by atoms with Gasteiger partial charge in [-0.1, -0.05) is 22.9 Å². The molecule has 6 nitrogen and oxygen atoms in total. The maximum atomic E-state index is 12.0. The molecule has 2 aromatic rings. The molecule has 0 atom stereocenters. The molecule has 0 aliphatic rings. The Morgan fingerprint density at radius 3 is 2.74 bits per heavy atom. The van der Waals surface area contributed by atoms with Crippen molar-refractivity contribution in [3.8, 4) is 0 Å². The highest BCUT2D eigenvalue weighted by atomic mass is 35.5. The molecule has 1 aromatic carbocycles. The average molecular weight is 320 g/mol. The monoisotopic (exact) mass is 319 g/mol. The highest BCUT2D eigenvalue weighted by Gasteiger charge is 2.17. The van der Waals surface area contributed by atoms with Crippen molar-refractivity contribution >= 4 is 38.6 Å². The number of sulfonamides is 1. The lowest BCUT2D eigenvalue weighted by Crippen LogP contribution is -2.24. The van der Waals surface area contributed by atoms with Crippen LogP contribution >= 0.6 is 22.9 Å². The molecule has 0 spiro atoms. The second-order valence-electron chi connectivity index (χ2n) is 3.68. The molecule has 0 saturated heterocycles. The number of rotatable bonds is 4. The first-order valence-electron chi connectivity index (χ1n) is 5.10. The molecule has 19 heavy (non-hydrogen) atoms. The first-order chi connectivity index (χ1) is 8.88. The molecule has 9 heteroatoms. The Hall–Kier alpha value is -1.35. The maximum Gasteiger partial charge on any atom is 0.304 e. The van der Waals surface area contributed by atoms with Crippen LogP contribution in [-0.2, 0) is 16.6 Å². The van der Waals surface area contributed by atoms with Crippen LogP contribution in [0.3, 0.4) is 0 Å². The fraction of sp³-hybridized carbons (Fsp3) is 0.100. The van der Waals surface area contributed by atoms with Gasteiger partial charge in [-0.3, -0.25) is 4.79 Å². The predicted octanol–water partition coefficient (Wildman–Crippen LogP) is 1.15. The van der Waals surface area contributed by atoms with Crippen molar-refractivity contribution in [2.45, 2.75) is 11.4 Å². The number of hydrogen-bond donors (Lipinski definition) is 3. The van der Waals surface area contributed by atoms with Crippen LogP contribution in [-0.4, -0.2) is 13.4 Å². The Bertz CT molecular complexity index is 751. The zero-order valence-corrected chi connectivity index (χ0v) is 11.9. The van der Waals surface area contributed by atoms with Gasteiger partial charge < -0.3 is 10.7 Å². The van der Waals surface area contributed by atoms with E-state index in [-0.39, 0.29) is 22.0 Å². The number of halogens is 1. The first kappa shape index (κ1) is 14.1. The molecule has 0 radical (unpaired) electrons. The molecule has 0 unspecified atom stereocenters. The van der Waals surface area contributed by atoms with E-state index in [1.54, 1.807) is 5.38 Å². The summed E-state index contributed by atoms with van der Waals surface area (Å²) in [5.74, 6) is 0. The van der Waals surface area contributed by atoms with E-state index >= 15 is 0 Å². The Labute approximate surface area is 118 Å². The number of anilines is 1. The number of nitrogens with two attached hydrogens (primary N) is 1. The van der Waals surface area contributed by atoms with Crippen molar-refractivity contribution in [1.82, 2.24) is 9.71 Å². The largest absolute Gasteiger partial charge is 0.398 e. The summed E-state index contributed by atoms with van der Waals surface area (Å²) < 4.78 is 26.4. The van der Waals surface area contributed by atoms with Crippen molar-refractivity contribution in [1.29, 1.82) is 0 Å². The minimum atomic E-state index is -3.75. The zero-order valence-electron chi connectivity index (χ0n) is 9.51. The molecule has 1 aromatic heterocycles. The Morgan fingerprint density at radius 2 is 2.16 bits per heavy atom. The number of aromatic nitrogens is 1. The summed E-state index contributed by atoms with van der Waals surface area (Å²) in [5.41, 5.74) is 6.18. The molecule has 102 valence electrons. The molecule has 0 aliphatic heterocycles. The summed E-state index contributed by atoms with van der Waals surface area (Å²) in [5, 5.41) is 1.91. The van der Waals surface area contributed by atoms with Crippen LogP contribution in [0, 0.1) is 0 Å². The summed E-state index contributed by atoms with van der Waals surface area (Å²) in [6.45, 7) is -0.0108. The third-order valence-corrected chi connectivity index (χ3v) is 4.71. The minimum Gasteiger partial charge on any atom is -0.398 e. The Kier molecular flexibility index (Phi) is 3.95. The second kappa shape index (κ2) is 5.33. The number of nitrogens with one attached hydrogen (secondary N) is 2. The third kappa shape index (κ3) is 3.35. The van der Waals surface area contributed by atoms with Gasteiger partial charge in [0.1, 0.15) is 4.90 Å². The molecule has 0 amide bonds. The molecule has 0 saturated carbocycles. The van der Waals surface area contributed by atoms with Gasteiger partial charge in [0.2, 0.25) is 10.0 Å². The zero-order chi connectivity index (χ0) is 14.0. The van der Waals surface area contributed by atoms with E-state index in [4.69, 9.17) is 17.3 Å². The predicted molar refractivity (Wildman–Crippen MR) is 74.8 cm³/mol. The van der Waals surface area contributed by atoms with Gasteiger partial charge in [0.05, 0.1) is 12.2 Å². The molecule has 1 heterocycles. The van der Waals surface area contributed by atoms with Gasteiger partial charge >= 0.3 is 4.87 Å². The fourth-order valence-corrected chi connectivity index (χ4v) is 3.29. The number of benzene rings is 1. The fourth-order valence-electron chi connectivity index (χ4n) is 1.42. The molecule has 0 fully saturated rings.